The van der Waals surface area contributed by atoms with Gasteiger partial charge in [-0.3, -0.25) is 0 Å². The number of benzene rings is 2. The maximum Gasteiger partial charge on any atom is 0.119 e. The first-order valence-electron chi connectivity index (χ1n) is 6.92. The Bertz CT molecular complexity index is 680. The van der Waals surface area contributed by atoms with E-state index >= 15 is 0 Å². The van der Waals surface area contributed by atoms with Gasteiger partial charge in [0, 0.05) is 0 Å². The summed E-state index contributed by atoms with van der Waals surface area (Å²) in [6.07, 6.45) is 2.06. The van der Waals surface area contributed by atoms with Crippen LogP contribution in [-0.2, 0) is 0 Å². The number of allylic oxidation sites excluding steroid dienone is 1. The fourth-order valence-electron chi connectivity index (χ4n) is 1.87. The van der Waals surface area contributed by atoms with Crippen molar-refractivity contribution < 1.29 is 4.74 Å². The second kappa shape index (κ2) is 5.56. The third-order valence-corrected chi connectivity index (χ3v) is 3.65. The van der Waals surface area contributed by atoms with Gasteiger partial charge in [0.2, 0.25) is 0 Å². The Morgan fingerprint density at radius 3 is 2.35 bits per heavy atom. The summed E-state index contributed by atoms with van der Waals surface area (Å²) in [5.74, 6) is 0.893. The van der Waals surface area contributed by atoms with Crippen LogP contribution in [0.25, 0.3) is 16.8 Å². The molecule has 20 heavy (non-hydrogen) atoms. The smallest absolute Gasteiger partial charge is 0.119 e. The summed E-state index contributed by atoms with van der Waals surface area (Å²) >= 11 is 0. The van der Waals surface area contributed by atoms with Crippen molar-refractivity contribution in [1.82, 2.24) is 0 Å². The first-order valence-corrected chi connectivity index (χ1v) is 6.92. The van der Waals surface area contributed by atoms with Gasteiger partial charge in [-0.15, -0.1) is 5.73 Å². The van der Waals surface area contributed by atoms with E-state index in [2.05, 4.69) is 69.8 Å². The van der Waals surface area contributed by atoms with Crippen LogP contribution in [0.2, 0.25) is 0 Å². The highest BCUT2D eigenvalue weighted by atomic mass is 16.5. The van der Waals surface area contributed by atoms with Crippen LogP contribution in [0.3, 0.4) is 0 Å². The lowest BCUT2D eigenvalue weighted by Gasteiger charge is -2.16. The van der Waals surface area contributed by atoms with E-state index in [9.17, 15) is 0 Å². The molecule has 104 valence electrons. The lowest BCUT2D eigenvalue weighted by molar-refractivity contribution is 0.415. The van der Waals surface area contributed by atoms with Crippen molar-refractivity contribution >= 4 is 16.8 Å². The van der Waals surface area contributed by atoms with Crippen LogP contribution >= 0.6 is 0 Å². The third-order valence-electron chi connectivity index (χ3n) is 3.65. The highest BCUT2D eigenvalue weighted by molar-refractivity contribution is 5.86. The lowest BCUT2D eigenvalue weighted by atomic mass is 9.88. The Labute approximate surface area is 121 Å². The Hall–Kier alpha value is -1.98. The molecule has 0 aliphatic rings. The largest absolute Gasteiger partial charge is 0.497 e. The number of fused-ring (bicyclic) bond motifs is 1. The zero-order valence-electron chi connectivity index (χ0n) is 12.9. The van der Waals surface area contributed by atoms with E-state index in [-0.39, 0.29) is 5.41 Å². The number of ether oxygens (including phenoxy) is 1. The summed E-state index contributed by atoms with van der Waals surface area (Å²) in [6.45, 7) is 8.74. The van der Waals surface area contributed by atoms with Gasteiger partial charge in [0.25, 0.3) is 0 Å². The fraction of sp³-hybridized carbons (Fsp3) is 0.316. The van der Waals surface area contributed by atoms with Crippen molar-refractivity contribution in [1.29, 1.82) is 0 Å². The Morgan fingerprint density at radius 1 is 1.05 bits per heavy atom. The van der Waals surface area contributed by atoms with Crippen molar-refractivity contribution in [2.24, 2.45) is 5.41 Å². The predicted octanol–water partition coefficient (Wildman–Crippen LogP) is 5.45. The number of hydrogen-bond donors (Lipinski definition) is 0. The molecular weight excluding hydrogens is 244 g/mol. The normalized spacial score (nSPS) is 11.1. The third kappa shape index (κ3) is 3.31. The van der Waals surface area contributed by atoms with Crippen LogP contribution in [0.4, 0.5) is 0 Å². The second-order valence-corrected chi connectivity index (χ2v) is 6.14. The van der Waals surface area contributed by atoms with Crippen LogP contribution in [0, 0.1) is 5.41 Å². The minimum atomic E-state index is 0.167. The first kappa shape index (κ1) is 14.4. The molecule has 0 bridgehead atoms. The first-order chi connectivity index (χ1) is 9.40. The molecule has 1 heteroatoms. The van der Waals surface area contributed by atoms with E-state index in [1.807, 2.05) is 6.07 Å². The fourth-order valence-corrected chi connectivity index (χ4v) is 1.87. The average molecular weight is 266 g/mol. The monoisotopic (exact) mass is 266 g/mol. The quantitative estimate of drug-likeness (QED) is 0.656. The predicted molar refractivity (Wildman–Crippen MR) is 87.1 cm³/mol. The molecule has 0 radical (unpaired) electrons. The second-order valence-electron chi connectivity index (χ2n) is 6.14. The maximum absolute atomic E-state index is 5.25. The molecule has 0 unspecified atom stereocenters. The van der Waals surface area contributed by atoms with E-state index < -0.39 is 0 Å². The van der Waals surface area contributed by atoms with Crippen LogP contribution in [-0.4, -0.2) is 7.11 Å². The van der Waals surface area contributed by atoms with Crippen LogP contribution in [0.1, 0.15) is 33.3 Å². The lowest BCUT2D eigenvalue weighted by Crippen LogP contribution is -2.04. The molecule has 0 amide bonds. The molecule has 0 heterocycles. The van der Waals surface area contributed by atoms with Crippen molar-refractivity contribution in [3.63, 3.8) is 0 Å². The molecule has 0 aliphatic heterocycles. The van der Waals surface area contributed by atoms with Crippen LogP contribution in [0.15, 0.2) is 47.7 Å². The van der Waals surface area contributed by atoms with Gasteiger partial charge in [-0.2, -0.15) is 0 Å². The summed E-state index contributed by atoms with van der Waals surface area (Å²) in [5.41, 5.74) is 5.99. The van der Waals surface area contributed by atoms with Crippen molar-refractivity contribution in [2.45, 2.75) is 27.7 Å². The van der Waals surface area contributed by atoms with E-state index in [0.717, 1.165) is 5.75 Å². The molecule has 0 fully saturated rings. The zero-order valence-corrected chi connectivity index (χ0v) is 12.9. The van der Waals surface area contributed by atoms with Gasteiger partial charge in [0.15, 0.2) is 0 Å². The highest BCUT2D eigenvalue weighted by Crippen LogP contribution is 2.25. The van der Waals surface area contributed by atoms with Crippen molar-refractivity contribution in [2.75, 3.05) is 7.11 Å². The molecule has 0 spiro atoms. The Kier molecular flexibility index (Phi) is 4.01. The molecule has 0 N–H and O–H groups in total. The van der Waals surface area contributed by atoms with E-state index in [1.165, 1.54) is 21.9 Å². The summed E-state index contributed by atoms with van der Waals surface area (Å²) in [7, 11) is 1.69. The zero-order chi connectivity index (χ0) is 14.8. The maximum atomic E-state index is 5.25. The molecular formula is C19H22O. The van der Waals surface area contributed by atoms with Crippen molar-refractivity contribution in [3.05, 3.63) is 53.3 Å². The molecule has 0 aromatic heterocycles. The number of methoxy groups -OCH3 is 1. The van der Waals surface area contributed by atoms with E-state index in [4.69, 9.17) is 4.74 Å². The minimum Gasteiger partial charge on any atom is -0.497 e. The van der Waals surface area contributed by atoms with Gasteiger partial charge in [-0.25, -0.2) is 0 Å². The van der Waals surface area contributed by atoms with Gasteiger partial charge in [0.1, 0.15) is 5.75 Å². The SMILES string of the molecule is COc1ccc2cc(C=C=C(C)C(C)(C)C)ccc2c1. The van der Waals surface area contributed by atoms with Gasteiger partial charge in [0.05, 0.1) is 7.11 Å². The van der Waals surface area contributed by atoms with Gasteiger partial charge in [-0.05, 0) is 58.5 Å². The average Bonchev–Trinajstić information content (AvgIpc) is 2.42. The minimum absolute atomic E-state index is 0.167. The molecule has 2 aromatic carbocycles. The summed E-state index contributed by atoms with van der Waals surface area (Å²) in [5, 5.41) is 2.41. The molecule has 2 aromatic rings. The molecule has 0 saturated carbocycles. The summed E-state index contributed by atoms with van der Waals surface area (Å²) in [4.78, 5) is 0. The van der Waals surface area contributed by atoms with Crippen LogP contribution < -0.4 is 4.74 Å². The van der Waals surface area contributed by atoms with Gasteiger partial charge < -0.3 is 4.74 Å². The van der Waals surface area contributed by atoms with Crippen LogP contribution in [0.5, 0.6) is 5.75 Å². The summed E-state index contributed by atoms with van der Waals surface area (Å²) in [6, 6.07) is 12.6. The molecule has 0 saturated heterocycles. The van der Waals surface area contributed by atoms with Gasteiger partial charge >= 0.3 is 0 Å². The molecule has 0 aliphatic carbocycles. The molecule has 2 rings (SSSR count). The van der Waals surface area contributed by atoms with Gasteiger partial charge in [-0.1, -0.05) is 39.0 Å². The Balaban J connectivity index is 2.40. The summed E-state index contributed by atoms with van der Waals surface area (Å²) < 4.78 is 5.25. The highest BCUT2D eigenvalue weighted by Gasteiger charge is 2.11. The van der Waals surface area contributed by atoms with E-state index in [1.54, 1.807) is 7.11 Å². The van der Waals surface area contributed by atoms with E-state index in [0.29, 0.717) is 0 Å². The van der Waals surface area contributed by atoms with Crippen molar-refractivity contribution in [3.8, 4) is 5.75 Å². The number of rotatable bonds is 2. The standard InChI is InChI=1S/C19H22O/c1-14(19(2,3)4)6-7-15-8-9-17-13-18(20-5)11-10-16(17)12-15/h7-13H,1-5H3. The molecule has 0 atom stereocenters. The molecule has 1 nitrogen and oxygen atoms in total. The topological polar surface area (TPSA) is 9.23 Å². The Morgan fingerprint density at radius 2 is 1.70 bits per heavy atom. The number of hydrogen-bond acceptors (Lipinski definition) is 1.